The number of anilines is 1. The van der Waals surface area contributed by atoms with Crippen molar-refractivity contribution in [2.24, 2.45) is 0 Å². The van der Waals surface area contributed by atoms with Crippen LogP contribution in [-0.2, 0) is 0 Å². The van der Waals surface area contributed by atoms with Gasteiger partial charge in [0.05, 0.1) is 5.54 Å². The lowest BCUT2D eigenvalue weighted by molar-refractivity contribution is 0.311. The second-order valence-corrected chi connectivity index (χ2v) is 4.35. The van der Waals surface area contributed by atoms with Crippen LogP contribution in [0, 0.1) is 6.92 Å². The molecule has 0 atom stereocenters. The highest BCUT2D eigenvalue weighted by Gasteiger charge is 2.36. The first-order valence-electron chi connectivity index (χ1n) is 5.01. The minimum Gasteiger partial charge on any atom is -0.378 e. The van der Waals surface area contributed by atoms with Crippen molar-refractivity contribution in [2.45, 2.75) is 31.7 Å². The number of halogens is 1. The number of rotatable bonds is 3. The van der Waals surface area contributed by atoms with E-state index < -0.39 is 0 Å². The molecule has 3 heteroatoms. The Morgan fingerprint density at radius 2 is 2.36 bits per heavy atom. The first kappa shape index (κ1) is 9.78. The lowest BCUT2D eigenvalue weighted by Gasteiger charge is -2.42. The summed E-state index contributed by atoms with van der Waals surface area (Å²) in [5.74, 6) is 0.689. The van der Waals surface area contributed by atoms with Crippen LogP contribution in [0.3, 0.4) is 0 Å². The zero-order chi connectivity index (χ0) is 10.0. The Morgan fingerprint density at radius 1 is 1.57 bits per heavy atom. The van der Waals surface area contributed by atoms with Crippen molar-refractivity contribution in [2.75, 3.05) is 11.2 Å². The van der Waals surface area contributed by atoms with E-state index in [2.05, 4.69) is 17.2 Å². The molecule has 1 saturated carbocycles. The van der Waals surface area contributed by atoms with Crippen molar-refractivity contribution in [3.8, 4) is 0 Å². The van der Waals surface area contributed by atoms with Gasteiger partial charge in [0.2, 0.25) is 0 Å². The molecule has 0 saturated heterocycles. The van der Waals surface area contributed by atoms with Crippen molar-refractivity contribution in [3.05, 3.63) is 24.0 Å². The summed E-state index contributed by atoms with van der Waals surface area (Å²) in [6, 6.07) is 2.02. The standard InChI is InChI=1S/C11H15ClN2/c1-9-7-13-6-3-10(9)14-11(8-12)4-2-5-11/h3,6-7H,2,4-5,8H2,1H3,(H,13,14). The van der Waals surface area contributed by atoms with E-state index in [4.69, 9.17) is 11.6 Å². The number of aromatic nitrogens is 1. The van der Waals surface area contributed by atoms with E-state index in [0.29, 0.717) is 5.88 Å². The van der Waals surface area contributed by atoms with Gasteiger partial charge in [-0.1, -0.05) is 0 Å². The molecular formula is C11H15ClN2. The van der Waals surface area contributed by atoms with Gasteiger partial charge in [-0.25, -0.2) is 0 Å². The van der Waals surface area contributed by atoms with E-state index in [1.165, 1.54) is 30.5 Å². The third-order valence-electron chi connectivity index (χ3n) is 2.99. The second-order valence-electron chi connectivity index (χ2n) is 4.08. The molecule has 2 rings (SSSR count). The summed E-state index contributed by atoms with van der Waals surface area (Å²) in [5, 5.41) is 3.54. The van der Waals surface area contributed by atoms with E-state index in [1.54, 1.807) is 0 Å². The molecule has 1 N–H and O–H groups in total. The summed E-state index contributed by atoms with van der Waals surface area (Å²) in [6.07, 6.45) is 7.33. The fourth-order valence-electron chi connectivity index (χ4n) is 1.79. The van der Waals surface area contributed by atoms with Crippen LogP contribution in [0.2, 0.25) is 0 Å². The number of pyridine rings is 1. The SMILES string of the molecule is Cc1cnccc1NC1(CCl)CCC1. The van der Waals surface area contributed by atoms with Crippen molar-refractivity contribution >= 4 is 17.3 Å². The monoisotopic (exact) mass is 210 g/mol. The predicted molar refractivity (Wildman–Crippen MR) is 59.9 cm³/mol. The zero-order valence-corrected chi connectivity index (χ0v) is 9.14. The van der Waals surface area contributed by atoms with E-state index in [-0.39, 0.29) is 5.54 Å². The Balaban J connectivity index is 2.13. The van der Waals surface area contributed by atoms with Crippen LogP contribution in [0.5, 0.6) is 0 Å². The van der Waals surface area contributed by atoms with Crippen LogP contribution in [-0.4, -0.2) is 16.4 Å². The highest BCUT2D eigenvalue weighted by atomic mass is 35.5. The van der Waals surface area contributed by atoms with Gasteiger partial charge in [-0.05, 0) is 37.8 Å². The third kappa shape index (κ3) is 1.71. The molecule has 1 aliphatic rings. The van der Waals surface area contributed by atoms with Crippen molar-refractivity contribution in [1.29, 1.82) is 0 Å². The average molecular weight is 211 g/mol. The van der Waals surface area contributed by atoms with Gasteiger partial charge < -0.3 is 5.32 Å². The molecule has 2 nitrogen and oxygen atoms in total. The number of hydrogen-bond acceptors (Lipinski definition) is 2. The summed E-state index contributed by atoms with van der Waals surface area (Å²) in [7, 11) is 0. The molecule has 1 aromatic rings. The van der Waals surface area contributed by atoms with Crippen molar-refractivity contribution in [3.63, 3.8) is 0 Å². The van der Waals surface area contributed by atoms with Gasteiger partial charge in [0.25, 0.3) is 0 Å². The number of alkyl halides is 1. The normalized spacial score (nSPS) is 18.7. The maximum absolute atomic E-state index is 5.98. The minimum absolute atomic E-state index is 0.146. The number of nitrogens with one attached hydrogen (secondary N) is 1. The summed E-state index contributed by atoms with van der Waals surface area (Å²) in [4.78, 5) is 4.07. The molecule has 0 radical (unpaired) electrons. The quantitative estimate of drug-likeness (QED) is 0.776. The van der Waals surface area contributed by atoms with E-state index in [1.807, 2.05) is 18.5 Å². The molecule has 0 aromatic carbocycles. The summed E-state index contributed by atoms with van der Waals surface area (Å²) < 4.78 is 0. The molecule has 1 heterocycles. The lowest BCUT2D eigenvalue weighted by Crippen LogP contribution is -2.46. The summed E-state index contributed by atoms with van der Waals surface area (Å²) in [6.45, 7) is 2.07. The zero-order valence-electron chi connectivity index (χ0n) is 8.39. The van der Waals surface area contributed by atoms with Crippen LogP contribution in [0.1, 0.15) is 24.8 Å². The molecule has 1 aliphatic carbocycles. The van der Waals surface area contributed by atoms with Gasteiger partial charge >= 0.3 is 0 Å². The third-order valence-corrected chi connectivity index (χ3v) is 3.50. The number of nitrogens with zero attached hydrogens (tertiary/aromatic N) is 1. The summed E-state index contributed by atoms with van der Waals surface area (Å²) >= 11 is 5.98. The molecule has 14 heavy (non-hydrogen) atoms. The van der Waals surface area contributed by atoms with Gasteiger partial charge in [0.1, 0.15) is 0 Å². The second kappa shape index (κ2) is 3.77. The largest absolute Gasteiger partial charge is 0.378 e. The smallest absolute Gasteiger partial charge is 0.0508 e. The topological polar surface area (TPSA) is 24.9 Å². The Hall–Kier alpha value is -0.760. The van der Waals surface area contributed by atoms with Gasteiger partial charge in [0.15, 0.2) is 0 Å². The van der Waals surface area contributed by atoms with Crippen molar-refractivity contribution < 1.29 is 0 Å². The molecule has 0 unspecified atom stereocenters. The maximum Gasteiger partial charge on any atom is 0.0508 e. The average Bonchev–Trinajstić information content (AvgIpc) is 2.14. The first-order valence-corrected chi connectivity index (χ1v) is 5.54. The van der Waals surface area contributed by atoms with E-state index in [0.717, 1.165) is 0 Å². The van der Waals surface area contributed by atoms with Crippen LogP contribution >= 0.6 is 11.6 Å². The highest BCUT2D eigenvalue weighted by Crippen LogP contribution is 2.36. The van der Waals surface area contributed by atoms with E-state index >= 15 is 0 Å². The van der Waals surface area contributed by atoms with Crippen LogP contribution in [0.4, 0.5) is 5.69 Å². The Bertz CT molecular complexity index is 315. The Kier molecular flexibility index (Phi) is 2.64. The fourth-order valence-corrected chi connectivity index (χ4v) is 2.13. The van der Waals surface area contributed by atoms with Gasteiger partial charge in [-0.15, -0.1) is 11.6 Å². The molecule has 0 spiro atoms. The predicted octanol–water partition coefficient (Wildman–Crippen LogP) is 2.96. The van der Waals surface area contributed by atoms with Gasteiger partial charge in [0, 0.05) is 24.0 Å². The highest BCUT2D eigenvalue weighted by molar-refractivity contribution is 6.19. The maximum atomic E-state index is 5.98. The lowest BCUT2D eigenvalue weighted by atomic mass is 9.78. The minimum atomic E-state index is 0.146. The molecule has 1 fully saturated rings. The Labute approximate surface area is 89.7 Å². The molecule has 0 bridgehead atoms. The van der Waals surface area contributed by atoms with Gasteiger partial charge in [-0.3, -0.25) is 4.98 Å². The molecule has 1 aromatic heterocycles. The molecule has 0 amide bonds. The molecule has 76 valence electrons. The first-order chi connectivity index (χ1) is 6.76. The van der Waals surface area contributed by atoms with Crippen LogP contribution in [0.25, 0.3) is 0 Å². The number of hydrogen-bond donors (Lipinski definition) is 1. The summed E-state index contributed by atoms with van der Waals surface area (Å²) in [5.41, 5.74) is 2.50. The molecule has 0 aliphatic heterocycles. The molecular weight excluding hydrogens is 196 g/mol. The van der Waals surface area contributed by atoms with Gasteiger partial charge in [-0.2, -0.15) is 0 Å². The van der Waals surface area contributed by atoms with E-state index in [9.17, 15) is 0 Å². The van der Waals surface area contributed by atoms with Crippen LogP contribution in [0.15, 0.2) is 18.5 Å². The van der Waals surface area contributed by atoms with Crippen LogP contribution < -0.4 is 5.32 Å². The van der Waals surface area contributed by atoms with Crippen molar-refractivity contribution in [1.82, 2.24) is 4.98 Å². The number of aryl methyl sites for hydroxylation is 1. The fraction of sp³-hybridized carbons (Fsp3) is 0.545. The Morgan fingerprint density at radius 3 is 2.86 bits per heavy atom.